The Kier molecular flexibility index (Phi) is 3.83. The molecule has 1 N–H and O–H groups in total. The first-order chi connectivity index (χ1) is 9.06. The van der Waals surface area contributed by atoms with Crippen LogP contribution in [-0.4, -0.2) is 38.9 Å². The molecule has 0 radical (unpaired) electrons. The van der Waals surface area contributed by atoms with E-state index < -0.39 is 5.97 Å². The minimum absolute atomic E-state index is 0.0935. The number of hydrogen-bond acceptors (Lipinski definition) is 4. The smallest absolute Gasteiger partial charge is 0.303 e. The Morgan fingerprint density at radius 1 is 1.37 bits per heavy atom. The lowest BCUT2D eigenvalue weighted by Gasteiger charge is -2.34. The highest BCUT2D eigenvalue weighted by atomic mass is 16.5. The van der Waals surface area contributed by atoms with E-state index in [4.69, 9.17) is 14.6 Å². The van der Waals surface area contributed by atoms with E-state index in [1.165, 1.54) is 0 Å². The Labute approximate surface area is 112 Å². The van der Waals surface area contributed by atoms with Gasteiger partial charge in [0.2, 0.25) is 0 Å². The fourth-order valence-electron chi connectivity index (χ4n) is 2.78. The number of ether oxygens (including phenoxy) is 2. The highest BCUT2D eigenvalue weighted by Gasteiger charge is 2.29. The molecule has 5 heteroatoms. The lowest BCUT2D eigenvalue weighted by Crippen LogP contribution is -2.34. The van der Waals surface area contributed by atoms with Gasteiger partial charge in [0, 0.05) is 19.2 Å². The lowest BCUT2D eigenvalue weighted by atomic mass is 9.89. The second-order valence-electron chi connectivity index (χ2n) is 4.85. The number of rotatable bonds is 4. The molecule has 104 valence electrons. The third-order valence-electron chi connectivity index (χ3n) is 3.51. The maximum atomic E-state index is 10.9. The van der Waals surface area contributed by atoms with Crippen LogP contribution in [0.1, 0.15) is 12.0 Å². The number of anilines is 1. The van der Waals surface area contributed by atoms with E-state index in [1.807, 2.05) is 24.1 Å². The molecule has 1 aromatic rings. The van der Waals surface area contributed by atoms with E-state index >= 15 is 0 Å². The van der Waals surface area contributed by atoms with E-state index in [2.05, 4.69) is 0 Å². The van der Waals surface area contributed by atoms with Gasteiger partial charge in [-0.3, -0.25) is 4.79 Å². The molecule has 5 nitrogen and oxygen atoms in total. The Balaban J connectivity index is 2.41. The van der Waals surface area contributed by atoms with Gasteiger partial charge in [0.15, 0.2) is 0 Å². The van der Waals surface area contributed by atoms with E-state index in [0.717, 1.165) is 22.7 Å². The van der Waals surface area contributed by atoms with E-state index in [0.29, 0.717) is 13.0 Å². The summed E-state index contributed by atoms with van der Waals surface area (Å²) in [5, 5.41) is 8.95. The van der Waals surface area contributed by atoms with Gasteiger partial charge < -0.3 is 19.5 Å². The van der Waals surface area contributed by atoms with Crippen LogP contribution in [0.25, 0.3) is 0 Å². The summed E-state index contributed by atoms with van der Waals surface area (Å²) in [4.78, 5) is 12.9. The van der Waals surface area contributed by atoms with Crippen molar-refractivity contribution in [3.8, 4) is 11.5 Å². The Hall–Kier alpha value is -1.91. The van der Waals surface area contributed by atoms with Gasteiger partial charge in [-0.2, -0.15) is 0 Å². The van der Waals surface area contributed by atoms with Crippen LogP contribution in [0, 0.1) is 5.92 Å². The van der Waals surface area contributed by atoms with Crippen LogP contribution in [-0.2, 0) is 11.2 Å². The number of fused-ring (bicyclic) bond motifs is 1. The topological polar surface area (TPSA) is 59.0 Å². The predicted molar refractivity (Wildman–Crippen MR) is 72.3 cm³/mol. The van der Waals surface area contributed by atoms with Crippen molar-refractivity contribution in [1.82, 2.24) is 0 Å². The van der Waals surface area contributed by atoms with Crippen molar-refractivity contribution < 1.29 is 19.4 Å². The number of benzene rings is 1. The van der Waals surface area contributed by atoms with Crippen LogP contribution in [0.3, 0.4) is 0 Å². The fraction of sp³-hybridized carbons (Fsp3) is 0.500. The maximum Gasteiger partial charge on any atom is 0.303 e. The molecule has 0 amide bonds. The summed E-state index contributed by atoms with van der Waals surface area (Å²) < 4.78 is 10.8. The Morgan fingerprint density at radius 2 is 2.00 bits per heavy atom. The van der Waals surface area contributed by atoms with Gasteiger partial charge in [-0.1, -0.05) is 0 Å². The first-order valence-electron chi connectivity index (χ1n) is 6.23. The van der Waals surface area contributed by atoms with E-state index in [9.17, 15) is 4.79 Å². The SMILES string of the molecule is COc1ccc(OC)c2c1CC(CC(=O)O)CN2C. The van der Waals surface area contributed by atoms with Crippen molar-refractivity contribution in [3.05, 3.63) is 17.7 Å². The van der Waals surface area contributed by atoms with Crippen LogP contribution in [0.15, 0.2) is 12.1 Å². The number of carbonyl (C=O) groups is 1. The average Bonchev–Trinajstić information content (AvgIpc) is 2.36. The zero-order chi connectivity index (χ0) is 14.0. The summed E-state index contributed by atoms with van der Waals surface area (Å²) in [6.07, 6.45) is 0.872. The van der Waals surface area contributed by atoms with Gasteiger partial charge in [-0.15, -0.1) is 0 Å². The molecule has 0 fully saturated rings. The van der Waals surface area contributed by atoms with Gasteiger partial charge in [-0.25, -0.2) is 0 Å². The number of carboxylic acids is 1. The molecule has 0 bridgehead atoms. The second kappa shape index (κ2) is 5.38. The number of aliphatic carboxylic acids is 1. The van der Waals surface area contributed by atoms with Crippen molar-refractivity contribution >= 4 is 11.7 Å². The summed E-state index contributed by atoms with van der Waals surface area (Å²) >= 11 is 0. The van der Waals surface area contributed by atoms with E-state index in [-0.39, 0.29) is 12.3 Å². The molecular formula is C14H19NO4. The number of nitrogens with zero attached hydrogens (tertiary/aromatic N) is 1. The number of hydrogen-bond donors (Lipinski definition) is 1. The molecule has 0 spiro atoms. The normalized spacial score (nSPS) is 17.8. The largest absolute Gasteiger partial charge is 0.496 e. The third-order valence-corrected chi connectivity index (χ3v) is 3.51. The van der Waals surface area contributed by atoms with Gasteiger partial charge in [0.1, 0.15) is 11.5 Å². The molecule has 19 heavy (non-hydrogen) atoms. The van der Waals surface area contributed by atoms with Crippen LogP contribution in [0.5, 0.6) is 11.5 Å². The standard InChI is InChI=1S/C14H19NO4/c1-15-8-9(7-13(16)17)6-10-11(18-2)4-5-12(19-3)14(10)15/h4-5,9H,6-8H2,1-3H3,(H,16,17). The number of carboxylic acid groups (broad SMARTS) is 1. The van der Waals surface area contributed by atoms with Crippen molar-refractivity contribution in [2.75, 3.05) is 32.7 Å². The lowest BCUT2D eigenvalue weighted by molar-refractivity contribution is -0.138. The summed E-state index contributed by atoms with van der Waals surface area (Å²) in [6, 6.07) is 3.75. The molecule has 1 heterocycles. The minimum Gasteiger partial charge on any atom is -0.496 e. The Bertz CT molecular complexity index is 487. The monoisotopic (exact) mass is 265 g/mol. The van der Waals surface area contributed by atoms with Gasteiger partial charge in [0.05, 0.1) is 26.3 Å². The predicted octanol–water partition coefficient (Wildman–Crippen LogP) is 1.79. The molecule has 1 aromatic carbocycles. The minimum atomic E-state index is -0.760. The van der Waals surface area contributed by atoms with E-state index in [1.54, 1.807) is 14.2 Å². The third kappa shape index (κ3) is 2.59. The van der Waals surface area contributed by atoms with Crippen molar-refractivity contribution in [3.63, 3.8) is 0 Å². The average molecular weight is 265 g/mol. The highest BCUT2D eigenvalue weighted by molar-refractivity contribution is 5.71. The van der Waals surface area contributed by atoms with Gasteiger partial charge >= 0.3 is 5.97 Å². The van der Waals surface area contributed by atoms with Gasteiger partial charge in [-0.05, 0) is 24.5 Å². The molecule has 1 aliphatic heterocycles. The molecule has 0 saturated carbocycles. The summed E-state index contributed by atoms with van der Waals surface area (Å²) in [7, 11) is 5.22. The zero-order valence-corrected chi connectivity index (χ0v) is 11.5. The molecule has 1 unspecified atom stereocenters. The molecule has 1 atom stereocenters. The summed E-state index contributed by atoms with van der Waals surface area (Å²) in [6.45, 7) is 0.711. The highest BCUT2D eigenvalue weighted by Crippen LogP contribution is 2.42. The van der Waals surface area contributed by atoms with Crippen LogP contribution >= 0.6 is 0 Å². The van der Waals surface area contributed by atoms with Crippen molar-refractivity contribution in [2.24, 2.45) is 5.92 Å². The maximum absolute atomic E-state index is 10.9. The molecule has 1 aliphatic rings. The van der Waals surface area contributed by atoms with Crippen LogP contribution < -0.4 is 14.4 Å². The van der Waals surface area contributed by atoms with Gasteiger partial charge in [0.25, 0.3) is 0 Å². The summed E-state index contributed by atoms with van der Waals surface area (Å²) in [5.41, 5.74) is 2.03. The van der Waals surface area contributed by atoms with Crippen molar-refractivity contribution in [2.45, 2.75) is 12.8 Å². The molecule has 0 aromatic heterocycles. The quantitative estimate of drug-likeness (QED) is 0.899. The Morgan fingerprint density at radius 3 is 2.58 bits per heavy atom. The molecule has 2 rings (SSSR count). The van der Waals surface area contributed by atoms with Crippen molar-refractivity contribution in [1.29, 1.82) is 0 Å². The second-order valence-corrected chi connectivity index (χ2v) is 4.85. The molecule has 0 aliphatic carbocycles. The van der Waals surface area contributed by atoms with Crippen LogP contribution in [0.2, 0.25) is 0 Å². The van der Waals surface area contributed by atoms with Crippen LogP contribution in [0.4, 0.5) is 5.69 Å². The first-order valence-corrected chi connectivity index (χ1v) is 6.23. The molecular weight excluding hydrogens is 246 g/mol. The first kappa shape index (κ1) is 13.5. The summed E-state index contributed by atoms with van der Waals surface area (Å²) in [5.74, 6) is 0.921. The number of methoxy groups -OCH3 is 2. The fourth-order valence-corrected chi connectivity index (χ4v) is 2.78. The molecule has 0 saturated heterocycles. The zero-order valence-electron chi connectivity index (χ0n) is 11.5.